The number of hydrogen-bond acceptors (Lipinski definition) is 11. The minimum Gasteiger partial charge on any atom is -0.325 e. The predicted octanol–water partition coefficient (Wildman–Crippen LogP) is 1.96. The largest absolute Gasteiger partial charge is 0.325 e. The van der Waals surface area contributed by atoms with Crippen LogP contribution in [0.15, 0.2) is 37.1 Å². The second-order valence-corrected chi connectivity index (χ2v) is 9.53. The Labute approximate surface area is 196 Å². The maximum atomic E-state index is 12.3. The molecule has 0 bridgehead atoms. The highest BCUT2D eigenvalue weighted by Crippen LogP contribution is 2.31. The molecule has 0 unspecified atom stereocenters. The molecule has 0 aliphatic heterocycles. The second-order valence-electron chi connectivity index (χ2n) is 7.51. The molecule has 176 valence electrons. The van der Waals surface area contributed by atoms with Gasteiger partial charge >= 0.3 is 0 Å². The van der Waals surface area contributed by atoms with Crippen molar-refractivity contribution >= 4 is 39.0 Å². The Morgan fingerprint density at radius 3 is 2.18 bits per heavy atom. The van der Waals surface area contributed by atoms with Crippen molar-refractivity contribution in [3.8, 4) is 11.4 Å². The third-order valence-electron chi connectivity index (χ3n) is 4.80. The lowest BCUT2D eigenvalue weighted by molar-refractivity contribution is 0.600. The van der Waals surface area contributed by atoms with Gasteiger partial charge in [-0.25, -0.2) is 43.0 Å². The number of hydrogen-bond donors (Lipinski definition) is 2. The van der Waals surface area contributed by atoms with Crippen molar-refractivity contribution in [1.29, 1.82) is 0 Å². The maximum absolute atomic E-state index is 12.3. The molecular formula is C20H23N11O2S. The quantitative estimate of drug-likeness (QED) is 0.397. The van der Waals surface area contributed by atoms with Gasteiger partial charge in [-0.3, -0.25) is 4.31 Å². The number of sulfonamides is 1. The van der Waals surface area contributed by atoms with E-state index in [9.17, 15) is 8.42 Å². The summed E-state index contributed by atoms with van der Waals surface area (Å²) in [6.07, 6.45) is 5.53. The molecule has 4 heterocycles. The van der Waals surface area contributed by atoms with Crippen LogP contribution in [0.25, 0.3) is 11.4 Å². The van der Waals surface area contributed by atoms with Gasteiger partial charge in [-0.1, -0.05) is 0 Å². The van der Waals surface area contributed by atoms with E-state index in [1.165, 1.54) is 19.7 Å². The molecule has 4 rings (SSSR count). The van der Waals surface area contributed by atoms with Crippen molar-refractivity contribution in [3.05, 3.63) is 48.6 Å². The first-order chi connectivity index (χ1) is 16.1. The summed E-state index contributed by atoms with van der Waals surface area (Å²) < 4.78 is 27.4. The van der Waals surface area contributed by atoms with Crippen LogP contribution >= 0.6 is 0 Å². The average molecular weight is 482 g/mol. The van der Waals surface area contributed by atoms with Crippen molar-refractivity contribution in [1.82, 2.24) is 39.7 Å². The fraction of sp³-hybridized carbons (Fsp3) is 0.250. The van der Waals surface area contributed by atoms with Crippen LogP contribution in [-0.2, 0) is 17.1 Å². The van der Waals surface area contributed by atoms with Crippen LogP contribution in [0, 0.1) is 13.8 Å². The Balaban J connectivity index is 1.69. The molecule has 2 N–H and O–H groups in total. The molecule has 0 saturated carbocycles. The van der Waals surface area contributed by atoms with Crippen LogP contribution < -0.4 is 14.9 Å². The van der Waals surface area contributed by atoms with E-state index in [1.54, 1.807) is 43.0 Å². The molecule has 34 heavy (non-hydrogen) atoms. The number of rotatable bonds is 7. The zero-order chi connectivity index (χ0) is 24.5. The number of anilines is 5. The molecule has 0 spiro atoms. The van der Waals surface area contributed by atoms with Crippen molar-refractivity contribution in [2.45, 2.75) is 13.8 Å². The average Bonchev–Trinajstić information content (AvgIpc) is 3.11. The van der Waals surface area contributed by atoms with E-state index in [4.69, 9.17) is 0 Å². The van der Waals surface area contributed by atoms with Crippen LogP contribution in [0.4, 0.5) is 29.0 Å². The lowest BCUT2D eigenvalue weighted by Gasteiger charge is -2.21. The van der Waals surface area contributed by atoms with Gasteiger partial charge in [0.15, 0.2) is 11.6 Å². The maximum Gasteiger partial charge on any atom is 0.232 e. The highest BCUT2D eigenvalue weighted by atomic mass is 32.2. The number of aryl methyl sites for hydroxylation is 3. The van der Waals surface area contributed by atoms with Gasteiger partial charge in [0.05, 0.1) is 11.9 Å². The summed E-state index contributed by atoms with van der Waals surface area (Å²) in [5.74, 6) is 2.92. The molecule has 0 atom stereocenters. The molecular weight excluding hydrogens is 458 g/mol. The molecule has 13 nitrogen and oxygen atoms in total. The van der Waals surface area contributed by atoms with E-state index >= 15 is 0 Å². The Kier molecular flexibility index (Phi) is 6.06. The van der Waals surface area contributed by atoms with Gasteiger partial charge in [-0.2, -0.15) is 5.10 Å². The fourth-order valence-electron chi connectivity index (χ4n) is 3.12. The minimum atomic E-state index is -3.58. The SMILES string of the molecule is Cc1cc(Nc2cc(Nc3ncc(-c4nc(C)nn4C)cc3N(C)S(C)(=O)=O)ncn2)ncn1. The fourth-order valence-corrected chi connectivity index (χ4v) is 3.62. The number of pyridine rings is 1. The van der Waals surface area contributed by atoms with E-state index in [-0.39, 0.29) is 5.82 Å². The lowest BCUT2D eigenvalue weighted by Crippen LogP contribution is -2.26. The van der Waals surface area contributed by atoms with Crippen LogP contribution in [0.1, 0.15) is 11.5 Å². The third-order valence-corrected chi connectivity index (χ3v) is 6.00. The smallest absolute Gasteiger partial charge is 0.232 e. The van der Waals surface area contributed by atoms with Crippen molar-refractivity contribution in [3.63, 3.8) is 0 Å². The lowest BCUT2D eigenvalue weighted by atomic mass is 10.2. The minimum absolute atomic E-state index is 0.290. The summed E-state index contributed by atoms with van der Waals surface area (Å²) in [7, 11) is -0.364. The molecule has 0 radical (unpaired) electrons. The summed E-state index contributed by atoms with van der Waals surface area (Å²) in [5.41, 5.74) is 1.74. The van der Waals surface area contributed by atoms with E-state index in [0.717, 1.165) is 16.3 Å². The number of nitrogens with zero attached hydrogens (tertiary/aromatic N) is 9. The first kappa shape index (κ1) is 23.0. The first-order valence-electron chi connectivity index (χ1n) is 10.1. The van der Waals surface area contributed by atoms with Gasteiger partial charge in [0, 0.05) is 43.7 Å². The van der Waals surface area contributed by atoms with Gasteiger partial charge in [0.25, 0.3) is 0 Å². The van der Waals surface area contributed by atoms with Crippen molar-refractivity contribution < 1.29 is 8.42 Å². The van der Waals surface area contributed by atoms with Gasteiger partial charge in [-0.05, 0) is 19.9 Å². The van der Waals surface area contributed by atoms with Gasteiger partial charge in [0.1, 0.15) is 35.9 Å². The monoisotopic (exact) mass is 481 g/mol. The van der Waals surface area contributed by atoms with E-state index in [2.05, 4.69) is 45.6 Å². The number of aromatic nitrogens is 8. The Bertz CT molecular complexity index is 1450. The zero-order valence-corrected chi connectivity index (χ0v) is 20.0. The topological polar surface area (TPSA) is 157 Å². The predicted molar refractivity (Wildman–Crippen MR) is 128 cm³/mol. The molecule has 0 aliphatic carbocycles. The normalized spacial score (nSPS) is 11.3. The second kappa shape index (κ2) is 8.97. The standard InChI is InChI=1S/C20H23N11O2S/c1-12-6-16(23-10-22-12)27-17-8-18(25-11-24-17)28-19-15(31(4)34(5,32)33)7-14(9-21-19)20-26-13(2)29-30(20)3/h6-11H,1-5H3,(H2,21,22,23,24,25,27,28). The molecule has 0 fully saturated rings. The van der Waals surface area contributed by atoms with E-state index < -0.39 is 10.0 Å². The summed E-state index contributed by atoms with van der Waals surface area (Å²) in [6.45, 7) is 3.64. The molecule has 0 amide bonds. The molecule has 14 heteroatoms. The van der Waals surface area contributed by atoms with Crippen LogP contribution in [-0.4, -0.2) is 61.4 Å². The molecule has 0 aliphatic rings. The summed E-state index contributed by atoms with van der Waals surface area (Å²) in [4.78, 5) is 25.5. The highest BCUT2D eigenvalue weighted by Gasteiger charge is 2.20. The third kappa shape index (κ3) is 5.06. The molecule has 4 aromatic heterocycles. The van der Waals surface area contributed by atoms with Crippen molar-refractivity contribution in [2.75, 3.05) is 28.2 Å². The van der Waals surface area contributed by atoms with E-state index in [0.29, 0.717) is 40.4 Å². The summed E-state index contributed by atoms with van der Waals surface area (Å²) >= 11 is 0. The molecule has 4 aromatic rings. The van der Waals surface area contributed by atoms with Gasteiger partial charge in [-0.15, -0.1) is 0 Å². The Morgan fingerprint density at radius 1 is 0.912 bits per heavy atom. The Hall–Kier alpha value is -4.20. The van der Waals surface area contributed by atoms with Gasteiger partial charge in [0.2, 0.25) is 10.0 Å². The first-order valence-corrected chi connectivity index (χ1v) is 11.9. The van der Waals surface area contributed by atoms with Crippen molar-refractivity contribution in [2.24, 2.45) is 7.05 Å². The molecule has 0 aromatic carbocycles. The zero-order valence-electron chi connectivity index (χ0n) is 19.2. The number of nitrogens with one attached hydrogen (secondary N) is 2. The van der Waals surface area contributed by atoms with E-state index in [1.807, 2.05) is 6.92 Å². The highest BCUT2D eigenvalue weighted by molar-refractivity contribution is 7.92. The van der Waals surface area contributed by atoms with Crippen LogP contribution in [0.3, 0.4) is 0 Å². The van der Waals surface area contributed by atoms with Crippen LogP contribution in [0.2, 0.25) is 0 Å². The molecule has 0 saturated heterocycles. The Morgan fingerprint density at radius 2 is 1.56 bits per heavy atom. The summed E-state index contributed by atoms with van der Waals surface area (Å²) in [5, 5.41) is 10.4. The van der Waals surface area contributed by atoms with Crippen LogP contribution in [0.5, 0.6) is 0 Å². The summed E-state index contributed by atoms with van der Waals surface area (Å²) in [6, 6.07) is 5.12. The van der Waals surface area contributed by atoms with Gasteiger partial charge < -0.3 is 10.6 Å².